The Labute approximate surface area is 138 Å². The summed E-state index contributed by atoms with van der Waals surface area (Å²) in [5, 5.41) is 3.11. The quantitative estimate of drug-likeness (QED) is 0.925. The van der Waals surface area contributed by atoms with E-state index in [1.54, 1.807) is 0 Å². The van der Waals surface area contributed by atoms with Gasteiger partial charge in [0, 0.05) is 37.8 Å². The highest BCUT2D eigenvalue weighted by Gasteiger charge is 2.50. The van der Waals surface area contributed by atoms with Crippen LogP contribution in [0.25, 0.3) is 0 Å². The van der Waals surface area contributed by atoms with Crippen molar-refractivity contribution in [3.05, 3.63) is 23.7 Å². The van der Waals surface area contributed by atoms with Gasteiger partial charge in [0.05, 0.1) is 12.5 Å². The van der Waals surface area contributed by atoms with Crippen molar-refractivity contribution in [2.45, 2.75) is 46.2 Å². The second kappa shape index (κ2) is 6.65. The second-order valence-corrected chi connectivity index (χ2v) is 7.37. The van der Waals surface area contributed by atoms with E-state index >= 15 is 0 Å². The highest BCUT2D eigenvalue weighted by atomic mass is 16.5. The lowest BCUT2D eigenvalue weighted by Gasteiger charge is -2.37. The van der Waals surface area contributed by atoms with Gasteiger partial charge in [-0.15, -0.1) is 0 Å². The predicted octanol–water partition coefficient (Wildman–Crippen LogP) is 2.34. The standard InChI is InChI=1S/C18H28N2O3/c1-13(2)19-17(21)16-11-20(10-15-5-4-14(3)23-15)12-18(16)6-8-22-9-7-18/h4-5,13,16H,6-12H2,1-3H3,(H,19,21)/t16-/m0/s1. The first kappa shape index (κ1) is 16.5. The number of aryl methyl sites for hydroxylation is 1. The molecule has 1 spiro atoms. The molecule has 5 heteroatoms. The minimum Gasteiger partial charge on any atom is -0.465 e. The Balaban J connectivity index is 1.74. The number of hydrogen-bond donors (Lipinski definition) is 1. The smallest absolute Gasteiger partial charge is 0.225 e. The van der Waals surface area contributed by atoms with Crippen LogP contribution in [0.15, 0.2) is 16.5 Å². The summed E-state index contributed by atoms with van der Waals surface area (Å²) in [6, 6.07) is 4.22. The molecule has 0 aromatic carbocycles. The van der Waals surface area contributed by atoms with Crippen molar-refractivity contribution in [1.82, 2.24) is 10.2 Å². The van der Waals surface area contributed by atoms with Crippen molar-refractivity contribution in [2.24, 2.45) is 11.3 Å². The van der Waals surface area contributed by atoms with Crippen molar-refractivity contribution in [3.8, 4) is 0 Å². The molecule has 3 rings (SSSR count). The number of rotatable bonds is 4. The first-order chi connectivity index (χ1) is 11.0. The molecule has 0 aliphatic carbocycles. The van der Waals surface area contributed by atoms with Crippen molar-refractivity contribution in [2.75, 3.05) is 26.3 Å². The van der Waals surface area contributed by atoms with Crippen molar-refractivity contribution in [3.63, 3.8) is 0 Å². The Bertz CT molecular complexity index is 546. The molecule has 2 aliphatic heterocycles. The molecule has 128 valence electrons. The van der Waals surface area contributed by atoms with Crippen molar-refractivity contribution >= 4 is 5.91 Å². The fourth-order valence-corrected chi connectivity index (χ4v) is 4.01. The van der Waals surface area contributed by atoms with Crippen LogP contribution < -0.4 is 5.32 Å². The van der Waals surface area contributed by atoms with Gasteiger partial charge in [-0.25, -0.2) is 0 Å². The molecule has 1 aromatic rings. The van der Waals surface area contributed by atoms with E-state index < -0.39 is 0 Å². The molecule has 3 heterocycles. The van der Waals surface area contributed by atoms with Crippen LogP contribution >= 0.6 is 0 Å². The van der Waals surface area contributed by atoms with E-state index in [0.29, 0.717) is 0 Å². The third-order valence-electron chi connectivity index (χ3n) is 5.13. The molecular weight excluding hydrogens is 292 g/mol. The van der Waals surface area contributed by atoms with Crippen molar-refractivity contribution in [1.29, 1.82) is 0 Å². The average molecular weight is 320 g/mol. The predicted molar refractivity (Wildman–Crippen MR) is 88.0 cm³/mol. The number of furan rings is 1. The maximum absolute atomic E-state index is 12.7. The zero-order valence-electron chi connectivity index (χ0n) is 14.4. The van der Waals surface area contributed by atoms with Crippen LogP contribution in [0.3, 0.4) is 0 Å². The molecule has 0 bridgehead atoms. The summed E-state index contributed by atoms with van der Waals surface area (Å²) in [7, 11) is 0. The molecule has 2 aliphatic rings. The minimum atomic E-state index is 0.0462. The molecule has 0 saturated carbocycles. The number of hydrogen-bond acceptors (Lipinski definition) is 4. The Hall–Kier alpha value is -1.33. The molecule has 1 aromatic heterocycles. The Morgan fingerprint density at radius 3 is 2.74 bits per heavy atom. The minimum absolute atomic E-state index is 0.0462. The van der Waals surface area contributed by atoms with Gasteiger partial charge in [0.25, 0.3) is 0 Å². The zero-order valence-corrected chi connectivity index (χ0v) is 14.4. The maximum atomic E-state index is 12.7. The van der Waals surface area contributed by atoms with Gasteiger partial charge in [-0.2, -0.15) is 0 Å². The van der Waals surface area contributed by atoms with Crippen LogP contribution in [0.5, 0.6) is 0 Å². The van der Waals surface area contributed by atoms with Crippen LogP contribution in [-0.2, 0) is 16.1 Å². The topological polar surface area (TPSA) is 54.7 Å². The van der Waals surface area contributed by atoms with Gasteiger partial charge in [-0.05, 0) is 45.7 Å². The lowest BCUT2D eigenvalue weighted by Crippen LogP contribution is -2.46. The van der Waals surface area contributed by atoms with Crippen LogP contribution in [-0.4, -0.2) is 43.2 Å². The molecule has 5 nitrogen and oxygen atoms in total. The normalized spacial score (nSPS) is 24.4. The number of likely N-dealkylation sites (tertiary alicyclic amines) is 1. The number of nitrogens with zero attached hydrogens (tertiary/aromatic N) is 1. The number of ether oxygens (including phenoxy) is 1. The van der Waals surface area contributed by atoms with Gasteiger partial charge >= 0.3 is 0 Å². The monoisotopic (exact) mass is 320 g/mol. The highest BCUT2D eigenvalue weighted by molar-refractivity contribution is 5.80. The summed E-state index contributed by atoms with van der Waals surface area (Å²) < 4.78 is 11.3. The summed E-state index contributed by atoms with van der Waals surface area (Å²) in [5.41, 5.74) is 0.0544. The van der Waals surface area contributed by atoms with Crippen LogP contribution in [0.2, 0.25) is 0 Å². The van der Waals surface area contributed by atoms with Crippen LogP contribution in [0, 0.1) is 18.3 Å². The summed E-state index contributed by atoms with van der Waals surface area (Å²) in [5.74, 6) is 2.16. The van der Waals surface area contributed by atoms with Crippen molar-refractivity contribution < 1.29 is 13.9 Å². The lowest BCUT2D eigenvalue weighted by molar-refractivity contribution is -0.130. The molecule has 1 amide bonds. The van der Waals surface area contributed by atoms with E-state index in [0.717, 1.165) is 57.2 Å². The van der Waals surface area contributed by atoms with E-state index in [-0.39, 0.29) is 23.3 Å². The Kier molecular flexibility index (Phi) is 4.78. The first-order valence-electron chi connectivity index (χ1n) is 8.64. The zero-order chi connectivity index (χ0) is 16.4. The summed E-state index contributed by atoms with van der Waals surface area (Å²) in [4.78, 5) is 15.1. The molecule has 1 atom stereocenters. The summed E-state index contributed by atoms with van der Waals surface area (Å²) >= 11 is 0. The largest absolute Gasteiger partial charge is 0.465 e. The average Bonchev–Trinajstić information content (AvgIpc) is 3.04. The Morgan fingerprint density at radius 2 is 2.13 bits per heavy atom. The number of carbonyl (C=O) groups excluding carboxylic acids is 1. The van der Waals surface area contributed by atoms with Gasteiger partial charge < -0.3 is 14.5 Å². The summed E-state index contributed by atoms with van der Waals surface area (Å²) in [6.07, 6.45) is 1.94. The second-order valence-electron chi connectivity index (χ2n) is 7.37. The molecule has 0 radical (unpaired) electrons. The van der Waals surface area contributed by atoms with Crippen LogP contribution in [0.1, 0.15) is 38.2 Å². The SMILES string of the molecule is Cc1ccc(CN2C[C@@H](C(=O)NC(C)C)C3(CCOCC3)C2)o1. The maximum Gasteiger partial charge on any atom is 0.225 e. The van der Waals surface area contributed by atoms with Gasteiger partial charge in [0.2, 0.25) is 5.91 Å². The summed E-state index contributed by atoms with van der Waals surface area (Å²) in [6.45, 7) is 10.1. The van der Waals surface area contributed by atoms with E-state index in [4.69, 9.17) is 9.15 Å². The first-order valence-corrected chi connectivity index (χ1v) is 8.64. The van der Waals surface area contributed by atoms with Crippen LogP contribution in [0.4, 0.5) is 0 Å². The van der Waals surface area contributed by atoms with Gasteiger partial charge in [-0.3, -0.25) is 9.69 Å². The molecule has 2 saturated heterocycles. The van der Waals surface area contributed by atoms with E-state index in [2.05, 4.69) is 10.2 Å². The van der Waals surface area contributed by atoms with E-state index in [9.17, 15) is 4.79 Å². The molecule has 1 N–H and O–H groups in total. The lowest BCUT2D eigenvalue weighted by atomic mass is 9.71. The van der Waals surface area contributed by atoms with E-state index in [1.165, 1.54) is 0 Å². The van der Waals surface area contributed by atoms with E-state index in [1.807, 2.05) is 32.9 Å². The molecular formula is C18H28N2O3. The van der Waals surface area contributed by atoms with Gasteiger partial charge in [-0.1, -0.05) is 0 Å². The Morgan fingerprint density at radius 1 is 1.39 bits per heavy atom. The number of amides is 1. The van der Waals surface area contributed by atoms with Gasteiger partial charge in [0.1, 0.15) is 11.5 Å². The molecule has 0 unspecified atom stereocenters. The molecule has 23 heavy (non-hydrogen) atoms. The number of nitrogens with one attached hydrogen (secondary N) is 1. The third kappa shape index (κ3) is 3.61. The van der Waals surface area contributed by atoms with Gasteiger partial charge in [0.15, 0.2) is 0 Å². The third-order valence-corrected chi connectivity index (χ3v) is 5.13. The number of carbonyl (C=O) groups is 1. The fraction of sp³-hybridized carbons (Fsp3) is 0.722. The fourth-order valence-electron chi connectivity index (χ4n) is 4.01. The molecule has 2 fully saturated rings. The highest BCUT2D eigenvalue weighted by Crippen LogP contribution is 2.44.